The van der Waals surface area contributed by atoms with Crippen molar-refractivity contribution in [3.63, 3.8) is 0 Å². The number of hydrogen-bond donors (Lipinski definition) is 1. The highest BCUT2D eigenvalue weighted by molar-refractivity contribution is 7.99. The average molecular weight is 250 g/mol. The first kappa shape index (κ1) is 11.6. The number of rotatable bonds is 6. The summed E-state index contributed by atoms with van der Waals surface area (Å²) in [7, 11) is 0. The van der Waals surface area contributed by atoms with Crippen LogP contribution in [0.1, 0.15) is 5.69 Å². The first-order valence-corrected chi connectivity index (χ1v) is 7.13. The zero-order valence-corrected chi connectivity index (χ0v) is 10.6. The van der Waals surface area contributed by atoms with Crippen molar-refractivity contribution in [3.8, 4) is 0 Å². The lowest BCUT2D eigenvalue weighted by atomic mass is 10.4. The van der Waals surface area contributed by atoms with Gasteiger partial charge in [-0.3, -0.25) is 0 Å². The molecule has 0 bridgehead atoms. The van der Waals surface area contributed by atoms with Gasteiger partial charge in [-0.2, -0.15) is 0 Å². The minimum Gasteiger partial charge on any atom is -0.310 e. The monoisotopic (exact) mass is 250 g/mol. The van der Waals surface area contributed by atoms with Gasteiger partial charge in [0.2, 0.25) is 0 Å². The lowest BCUT2D eigenvalue weighted by Crippen LogP contribution is -2.16. The van der Waals surface area contributed by atoms with E-state index < -0.39 is 0 Å². The van der Waals surface area contributed by atoms with Crippen LogP contribution >= 0.6 is 23.1 Å². The molecular formula is C12H14N2S2. The van der Waals surface area contributed by atoms with Crippen LogP contribution in [0.3, 0.4) is 0 Å². The van der Waals surface area contributed by atoms with Crippen molar-refractivity contribution in [1.82, 2.24) is 10.3 Å². The molecule has 0 saturated heterocycles. The van der Waals surface area contributed by atoms with Gasteiger partial charge >= 0.3 is 0 Å². The number of aromatic nitrogens is 1. The van der Waals surface area contributed by atoms with Gasteiger partial charge in [0.15, 0.2) is 0 Å². The zero-order chi connectivity index (χ0) is 11.1. The molecule has 2 aromatic rings. The molecule has 0 spiro atoms. The van der Waals surface area contributed by atoms with Gasteiger partial charge in [0, 0.05) is 29.1 Å². The Balaban J connectivity index is 1.59. The summed E-state index contributed by atoms with van der Waals surface area (Å²) in [4.78, 5) is 5.55. The zero-order valence-electron chi connectivity index (χ0n) is 8.93. The Kier molecular flexibility index (Phi) is 4.86. The van der Waals surface area contributed by atoms with Gasteiger partial charge in [-0.05, 0) is 12.1 Å². The first-order valence-electron chi connectivity index (χ1n) is 5.21. The highest BCUT2D eigenvalue weighted by Crippen LogP contribution is 2.15. The molecule has 2 rings (SSSR count). The molecule has 1 aromatic carbocycles. The van der Waals surface area contributed by atoms with E-state index in [9.17, 15) is 0 Å². The van der Waals surface area contributed by atoms with E-state index in [0.29, 0.717) is 0 Å². The predicted octanol–water partition coefficient (Wildman–Crippen LogP) is 3.03. The van der Waals surface area contributed by atoms with Gasteiger partial charge in [-0.15, -0.1) is 23.1 Å². The van der Waals surface area contributed by atoms with Gasteiger partial charge in [0.25, 0.3) is 0 Å². The van der Waals surface area contributed by atoms with Gasteiger partial charge in [-0.1, -0.05) is 18.2 Å². The number of benzene rings is 1. The summed E-state index contributed by atoms with van der Waals surface area (Å²) >= 11 is 3.52. The quantitative estimate of drug-likeness (QED) is 0.630. The Morgan fingerprint density at radius 3 is 2.88 bits per heavy atom. The molecule has 0 aliphatic heterocycles. The van der Waals surface area contributed by atoms with E-state index in [1.165, 1.54) is 4.90 Å². The molecule has 16 heavy (non-hydrogen) atoms. The molecule has 84 valence electrons. The van der Waals surface area contributed by atoms with E-state index >= 15 is 0 Å². The number of hydrogen-bond acceptors (Lipinski definition) is 4. The number of thiazole rings is 1. The van der Waals surface area contributed by atoms with Crippen LogP contribution in [0.4, 0.5) is 0 Å². The first-order chi connectivity index (χ1) is 7.95. The van der Waals surface area contributed by atoms with Crippen molar-refractivity contribution in [2.45, 2.75) is 11.4 Å². The van der Waals surface area contributed by atoms with E-state index in [2.05, 4.69) is 39.9 Å². The standard InChI is InChI=1S/C12H14N2S2/c1-2-4-12(5-3-1)16-7-6-13-8-11-9-15-10-14-11/h1-5,9-10,13H,6-8H2. The molecule has 0 aliphatic carbocycles. The number of thioether (sulfide) groups is 1. The van der Waals surface area contributed by atoms with E-state index in [-0.39, 0.29) is 0 Å². The molecular weight excluding hydrogens is 236 g/mol. The minimum absolute atomic E-state index is 0.874. The Labute approximate surface area is 104 Å². The Morgan fingerprint density at radius 1 is 1.25 bits per heavy atom. The highest BCUT2D eigenvalue weighted by Gasteiger charge is 1.95. The Morgan fingerprint density at radius 2 is 2.12 bits per heavy atom. The van der Waals surface area contributed by atoms with Crippen molar-refractivity contribution < 1.29 is 0 Å². The van der Waals surface area contributed by atoms with Crippen molar-refractivity contribution in [3.05, 3.63) is 46.9 Å². The molecule has 0 amide bonds. The summed E-state index contributed by atoms with van der Waals surface area (Å²) in [5, 5.41) is 5.46. The summed E-state index contributed by atoms with van der Waals surface area (Å²) < 4.78 is 0. The van der Waals surface area contributed by atoms with Crippen LogP contribution in [0.2, 0.25) is 0 Å². The smallest absolute Gasteiger partial charge is 0.0795 e. The fourth-order valence-corrected chi connectivity index (χ4v) is 2.69. The third-order valence-corrected chi connectivity index (χ3v) is 3.73. The normalized spacial score (nSPS) is 10.5. The van der Waals surface area contributed by atoms with E-state index in [0.717, 1.165) is 24.5 Å². The molecule has 0 saturated carbocycles. The fourth-order valence-electron chi connectivity index (χ4n) is 1.30. The molecule has 4 heteroatoms. The third kappa shape index (κ3) is 3.96. The Hall–Kier alpha value is -0.840. The van der Waals surface area contributed by atoms with Crippen LogP contribution in [0.25, 0.3) is 0 Å². The minimum atomic E-state index is 0.874. The second kappa shape index (κ2) is 6.68. The molecule has 2 nitrogen and oxygen atoms in total. The second-order valence-electron chi connectivity index (χ2n) is 3.32. The van der Waals surface area contributed by atoms with Crippen LogP contribution in [0.5, 0.6) is 0 Å². The lowest BCUT2D eigenvalue weighted by Gasteiger charge is -2.02. The van der Waals surface area contributed by atoms with Crippen molar-refractivity contribution in [1.29, 1.82) is 0 Å². The molecule has 0 radical (unpaired) electrons. The van der Waals surface area contributed by atoms with Crippen molar-refractivity contribution in [2.75, 3.05) is 12.3 Å². The highest BCUT2D eigenvalue weighted by atomic mass is 32.2. The summed E-state index contributed by atoms with van der Waals surface area (Å²) in [5.74, 6) is 1.09. The van der Waals surface area contributed by atoms with Gasteiger partial charge in [-0.25, -0.2) is 4.98 Å². The SMILES string of the molecule is c1ccc(SCCNCc2cscn2)cc1. The maximum atomic E-state index is 4.22. The molecule has 0 unspecified atom stereocenters. The second-order valence-corrected chi connectivity index (χ2v) is 5.21. The fraction of sp³-hybridized carbons (Fsp3) is 0.250. The van der Waals surface area contributed by atoms with E-state index in [4.69, 9.17) is 0 Å². The molecule has 0 aliphatic rings. The van der Waals surface area contributed by atoms with Gasteiger partial charge < -0.3 is 5.32 Å². The van der Waals surface area contributed by atoms with E-state index in [1.807, 2.05) is 23.3 Å². The average Bonchev–Trinajstić information content (AvgIpc) is 2.83. The predicted molar refractivity (Wildman–Crippen MR) is 71.0 cm³/mol. The molecule has 0 fully saturated rings. The van der Waals surface area contributed by atoms with Gasteiger partial charge in [0.05, 0.1) is 11.2 Å². The topological polar surface area (TPSA) is 24.9 Å². The van der Waals surface area contributed by atoms with Crippen molar-refractivity contribution in [2.24, 2.45) is 0 Å². The summed E-state index contributed by atoms with van der Waals surface area (Å²) in [6.07, 6.45) is 0. The lowest BCUT2D eigenvalue weighted by molar-refractivity contribution is 0.719. The largest absolute Gasteiger partial charge is 0.310 e. The van der Waals surface area contributed by atoms with Gasteiger partial charge in [0.1, 0.15) is 0 Å². The molecule has 0 atom stereocenters. The summed E-state index contributed by atoms with van der Waals surface area (Å²) in [5.41, 5.74) is 3.00. The maximum absolute atomic E-state index is 4.22. The maximum Gasteiger partial charge on any atom is 0.0795 e. The Bertz CT molecular complexity index is 387. The number of nitrogens with zero attached hydrogens (tertiary/aromatic N) is 1. The molecule has 1 heterocycles. The summed E-state index contributed by atoms with van der Waals surface area (Å²) in [6, 6.07) is 10.5. The van der Waals surface area contributed by atoms with Crippen LogP contribution in [0.15, 0.2) is 46.1 Å². The third-order valence-electron chi connectivity index (χ3n) is 2.08. The van der Waals surface area contributed by atoms with E-state index in [1.54, 1.807) is 11.3 Å². The van der Waals surface area contributed by atoms with Crippen LogP contribution < -0.4 is 5.32 Å². The van der Waals surface area contributed by atoms with Crippen LogP contribution in [-0.4, -0.2) is 17.3 Å². The molecule has 1 aromatic heterocycles. The van der Waals surface area contributed by atoms with Crippen LogP contribution in [-0.2, 0) is 6.54 Å². The number of nitrogens with one attached hydrogen (secondary N) is 1. The van der Waals surface area contributed by atoms with Crippen molar-refractivity contribution >= 4 is 23.1 Å². The van der Waals surface area contributed by atoms with Crippen LogP contribution in [0, 0.1) is 0 Å². The molecule has 1 N–H and O–H groups in total. The summed E-state index contributed by atoms with van der Waals surface area (Å²) in [6.45, 7) is 1.88.